The molecule has 0 spiro atoms. The SMILES string of the molecule is CCO[C@@H]1C[C@@H](NC(=O)CSCc2ccncc2)C1(C)C. The minimum Gasteiger partial charge on any atom is -0.378 e. The quantitative estimate of drug-likeness (QED) is 0.841. The average molecular weight is 308 g/mol. The fourth-order valence-electron chi connectivity index (χ4n) is 2.59. The molecule has 2 atom stereocenters. The molecule has 0 unspecified atom stereocenters. The third-order valence-corrected chi connectivity index (χ3v) is 5.14. The van der Waals surface area contributed by atoms with Gasteiger partial charge in [0.2, 0.25) is 5.91 Å². The first-order chi connectivity index (χ1) is 10.0. The van der Waals surface area contributed by atoms with Gasteiger partial charge in [-0.15, -0.1) is 11.8 Å². The van der Waals surface area contributed by atoms with Crippen molar-refractivity contribution in [2.75, 3.05) is 12.4 Å². The predicted octanol–water partition coefficient (Wildman–Crippen LogP) is 2.63. The summed E-state index contributed by atoms with van der Waals surface area (Å²) in [5.41, 5.74) is 1.23. The summed E-state index contributed by atoms with van der Waals surface area (Å²) in [5, 5.41) is 3.13. The van der Waals surface area contributed by atoms with E-state index in [2.05, 4.69) is 24.1 Å². The zero-order valence-electron chi connectivity index (χ0n) is 13.0. The molecule has 0 aliphatic heterocycles. The Kier molecular flexibility index (Phi) is 5.65. The Morgan fingerprint density at radius 3 is 2.81 bits per heavy atom. The molecule has 0 saturated heterocycles. The minimum absolute atomic E-state index is 0.0292. The van der Waals surface area contributed by atoms with E-state index in [0.717, 1.165) is 18.8 Å². The summed E-state index contributed by atoms with van der Waals surface area (Å²) >= 11 is 1.63. The van der Waals surface area contributed by atoms with Crippen LogP contribution in [0.2, 0.25) is 0 Å². The first-order valence-corrected chi connectivity index (χ1v) is 8.57. The Morgan fingerprint density at radius 2 is 2.19 bits per heavy atom. The first-order valence-electron chi connectivity index (χ1n) is 7.41. The van der Waals surface area contributed by atoms with Crippen LogP contribution in [0.3, 0.4) is 0 Å². The molecule has 0 radical (unpaired) electrons. The molecule has 5 heteroatoms. The van der Waals surface area contributed by atoms with Crippen LogP contribution in [0.1, 0.15) is 32.8 Å². The molecular formula is C16H24N2O2S. The maximum atomic E-state index is 12.0. The lowest BCUT2D eigenvalue weighted by Gasteiger charge is -2.51. The molecule has 1 aromatic rings. The number of amides is 1. The van der Waals surface area contributed by atoms with Gasteiger partial charge in [0.1, 0.15) is 0 Å². The van der Waals surface area contributed by atoms with Gasteiger partial charge in [-0.05, 0) is 31.0 Å². The number of hydrogen-bond acceptors (Lipinski definition) is 4. The van der Waals surface area contributed by atoms with Crippen LogP contribution >= 0.6 is 11.8 Å². The van der Waals surface area contributed by atoms with Crippen LogP contribution in [0.25, 0.3) is 0 Å². The molecule has 1 saturated carbocycles. The van der Waals surface area contributed by atoms with Gasteiger partial charge in [-0.1, -0.05) is 13.8 Å². The molecule has 1 fully saturated rings. The van der Waals surface area contributed by atoms with Crippen molar-refractivity contribution >= 4 is 17.7 Å². The van der Waals surface area contributed by atoms with Crippen LogP contribution in [0.15, 0.2) is 24.5 Å². The highest BCUT2D eigenvalue weighted by atomic mass is 32.2. The van der Waals surface area contributed by atoms with Crippen molar-refractivity contribution in [2.45, 2.75) is 45.1 Å². The number of thioether (sulfide) groups is 1. The number of nitrogens with zero attached hydrogens (tertiary/aromatic N) is 1. The number of carbonyl (C=O) groups is 1. The van der Waals surface area contributed by atoms with Gasteiger partial charge in [0.15, 0.2) is 0 Å². The van der Waals surface area contributed by atoms with Crippen LogP contribution in [0.5, 0.6) is 0 Å². The number of hydrogen-bond donors (Lipinski definition) is 1. The molecule has 1 aromatic heterocycles. The number of nitrogens with one attached hydrogen (secondary N) is 1. The van der Waals surface area contributed by atoms with E-state index in [0.29, 0.717) is 5.75 Å². The van der Waals surface area contributed by atoms with Gasteiger partial charge in [-0.3, -0.25) is 9.78 Å². The largest absolute Gasteiger partial charge is 0.378 e. The van der Waals surface area contributed by atoms with Crippen molar-refractivity contribution < 1.29 is 9.53 Å². The maximum Gasteiger partial charge on any atom is 0.230 e. The Morgan fingerprint density at radius 1 is 1.48 bits per heavy atom. The number of rotatable bonds is 7. The second-order valence-corrected chi connectivity index (χ2v) is 6.96. The zero-order chi connectivity index (χ0) is 15.3. The molecule has 116 valence electrons. The predicted molar refractivity (Wildman–Crippen MR) is 86.1 cm³/mol. The zero-order valence-corrected chi connectivity index (χ0v) is 13.8. The Labute approximate surface area is 131 Å². The molecule has 2 rings (SSSR count). The molecule has 1 heterocycles. The van der Waals surface area contributed by atoms with Crippen molar-refractivity contribution in [3.63, 3.8) is 0 Å². The number of ether oxygens (including phenoxy) is 1. The van der Waals surface area contributed by atoms with E-state index in [1.54, 1.807) is 24.2 Å². The number of carbonyl (C=O) groups excluding carboxylic acids is 1. The fourth-order valence-corrected chi connectivity index (χ4v) is 3.39. The van der Waals surface area contributed by atoms with Crippen molar-refractivity contribution in [1.82, 2.24) is 10.3 Å². The Balaban J connectivity index is 1.69. The van der Waals surface area contributed by atoms with E-state index in [4.69, 9.17) is 4.74 Å². The Bertz CT molecular complexity index is 465. The molecule has 21 heavy (non-hydrogen) atoms. The van der Waals surface area contributed by atoms with Gasteiger partial charge in [0, 0.05) is 36.2 Å². The lowest BCUT2D eigenvalue weighted by atomic mass is 9.64. The summed E-state index contributed by atoms with van der Waals surface area (Å²) in [6, 6.07) is 4.18. The van der Waals surface area contributed by atoms with Gasteiger partial charge in [0.05, 0.1) is 11.9 Å². The van der Waals surface area contributed by atoms with E-state index in [-0.39, 0.29) is 23.5 Å². The number of pyridine rings is 1. The Hall–Kier alpha value is -1.07. The molecule has 1 amide bonds. The van der Waals surface area contributed by atoms with Crippen molar-refractivity contribution in [3.05, 3.63) is 30.1 Å². The first kappa shape index (κ1) is 16.3. The van der Waals surface area contributed by atoms with Gasteiger partial charge >= 0.3 is 0 Å². The average Bonchev–Trinajstić information content (AvgIpc) is 2.47. The fraction of sp³-hybridized carbons (Fsp3) is 0.625. The highest BCUT2D eigenvalue weighted by Gasteiger charge is 2.49. The second kappa shape index (κ2) is 7.27. The maximum absolute atomic E-state index is 12.0. The summed E-state index contributed by atoms with van der Waals surface area (Å²) in [7, 11) is 0. The van der Waals surface area contributed by atoms with E-state index >= 15 is 0 Å². The summed E-state index contributed by atoms with van der Waals surface area (Å²) in [6.45, 7) is 7.06. The third kappa shape index (κ3) is 4.20. The smallest absolute Gasteiger partial charge is 0.230 e. The van der Waals surface area contributed by atoms with E-state index < -0.39 is 0 Å². The van der Waals surface area contributed by atoms with Crippen LogP contribution < -0.4 is 5.32 Å². The van der Waals surface area contributed by atoms with Crippen LogP contribution in [-0.4, -0.2) is 35.4 Å². The summed E-state index contributed by atoms with van der Waals surface area (Å²) in [4.78, 5) is 16.0. The topological polar surface area (TPSA) is 51.2 Å². The summed E-state index contributed by atoms with van der Waals surface area (Å²) in [6.07, 6.45) is 4.74. The summed E-state index contributed by atoms with van der Waals surface area (Å²) in [5.74, 6) is 1.45. The molecule has 1 N–H and O–H groups in total. The molecule has 1 aliphatic carbocycles. The monoisotopic (exact) mass is 308 g/mol. The molecular weight excluding hydrogens is 284 g/mol. The standard InChI is InChI=1S/C16H24N2O2S/c1-4-20-14-9-13(16(14,2)3)18-15(19)11-21-10-12-5-7-17-8-6-12/h5-8,13-14H,4,9-11H2,1-3H3,(H,18,19)/t13-,14-/m1/s1. The molecule has 4 nitrogen and oxygen atoms in total. The van der Waals surface area contributed by atoms with E-state index in [1.165, 1.54) is 5.56 Å². The van der Waals surface area contributed by atoms with Gasteiger partial charge in [-0.2, -0.15) is 0 Å². The van der Waals surface area contributed by atoms with Gasteiger partial charge in [-0.25, -0.2) is 0 Å². The molecule has 1 aliphatic rings. The second-order valence-electron chi connectivity index (χ2n) is 5.97. The lowest BCUT2D eigenvalue weighted by molar-refractivity contribution is -0.134. The van der Waals surface area contributed by atoms with Crippen LogP contribution in [-0.2, 0) is 15.3 Å². The van der Waals surface area contributed by atoms with Crippen LogP contribution in [0.4, 0.5) is 0 Å². The van der Waals surface area contributed by atoms with E-state index in [9.17, 15) is 4.79 Å². The third-order valence-electron chi connectivity index (χ3n) is 4.13. The van der Waals surface area contributed by atoms with Gasteiger partial charge < -0.3 is 10.1 Å². The van der Waals surface area contributed by atoms with Crippen molar-refractivity contribution in [3.8, 4) is 0 Å². The molecule has 0 aromatic carbocycles. The van der Waals surface area contributed by atoms with Crippen molar-refractivity contribution in [1.29, 1.82) is 0 Å². The normalized spacial score (nSPS) is 23.4. The highest BCUT2D eigenvalue weighted by Crippen LogP contribution is 2.42. The highest BCUT2D eigenvalue weighted by molar-refractivity contribution is 7.99. The van der Waals surface area contributed by atoms with Gasteiger partial charge in [0.25, 0.3) is 0 Å². The number of aromatic nitrogens is 1. The molecule has 0 bridgehead atoms. The lowest BCUT2D eigenvalue weighted by Crippen LogP contribution is -2.62. The minimum atomic E-state index is 0.0292. The summed E-state index contributed by atoms with van der Waals surface area (Å²) < 4.78 is 5.68. The van der Waals surface area contributed by atoms with Crippen LogP contribution in [0, 0.1) is 5.41 Å². The van der Waals surface area contributed by atoms with E-state index in [1.807, 2.05) is 19.1 Å². The van der Waals surface area contributed by atoms with Crippen molar-refractivity contribution in [2.24, 2.45) is 5.41 Å².